The molecule has 1 atom stereocenters. The first-order chi connectivity index (χ1) is 14.5. The van der Waals surface area contributed by atoms with Crippen LogP contribution in [0, 0.1) is 5.92 Å². The van der Waals surface area contributed by atoms with E-state index in [4.69, 9.17) is 9.15 Å². The van der Waals surface area contributed by atoms with Gasteiger partial charge in [0.05, 0.1) is 31.2 Å². The van der Waals surface area contributed by atoms with Crippen molar-refractivity contribution in [1.82, 2.24) is 24.8 Å². The molecule has 0 N–H and O–H groups in total. The lowest BCUT2D eigenvalue weighted by Crippen LogP contribution is -2.48. The fourth-order valence-corrected chi connectivity index (χ4v) is 3.66. The van der Waals surface area contributed by atoms with E-state index in [1.165, 1.54) is 0 Å². The Labute approximate surface area is 177 Å². The summed E-state index contributed by atoms with van der Waals surface area (Å²) >= 11 is 0. The van der Waals surface area contributed by atoms with Crippen molar-refractivity contribution in [3.63, 3.8) is 0 Å². The van der Waals surface area contributed by atoms with E-state index in [-0.39, 0.29) is 18.4 Å². The van der Waals surface area contributed by atoms with Gasteiger partial charge in [-0.3, -0.25) is 9.59 Å². The van der Waals surface area contributed by atoms with E-state index >= 15 is 0 Å². The summed E-state index contributed by atoms with van der Waals surface area (Å²) < 4.78 is 12.5. The normalized spacial score (nSPS) is 16.2. The molecular formula is C21H31N5O4. The van der Waals surface area contributed by atoms with Crippen LogP contribution in [0.2, 0.25) is 0 Å². The van der Waals surface area contributed by atoms with Crippen LogP contribution in [0.25, 0.3) is 0 Å². The van der Waals surface area contributed by atoms with E-state index in [0.29, 0.717) is 50.9 Å². The molecule has 3 heterocycles. The predicted molar refractivity (Wildman–Crippen MR) is 109 cm³/mol. The van der Waals surface area contributed by atoms with Gasteiger partial charge in [-0.2, -0.15) is 0 Å². The van der Waals surface area contributed by atoms with E-state index in [0.717, 1.165) is 12.1 Å². The van der Waals surface area contributed by atoms with Crippen molar-refractivity contribution in [2.45, 2.75) is 52.7 Å². The first-order valence-electron chi connectivity index (χ1n) is 10.5. The average molecular weight is 418 g/mol. The van der Waals surface area contributed by atoms with Gasteiger partial charge in [-0.05, 0) is 37.8 Å². The summed E-state index contributed by atoms with van der Waals surface area (Å²) in [4.78, 5) is 29.6. The Morgan fingerprint density at radius 2 is 2.27 bits per heavy atom. The molecule has 0 spiro atoms. The monoisotopic (exact) mass is 417 g/mol. The summed E-state index contributed by atoms with van der Waals surface area (Å²) in [5.41, 5.74) is 0.849. The third kappa shape index (κ3) is 5.47. The highest BCUT2D eigenvalue weighted by Gasteiger charge is 2.35. The van der Waals surface area contributed by atoms with Crippen molar-refractivity contribution in [3.05, 3.63) is 36.0 Å². The van der Waals surface area contributed by atoms with Crippen LogP contribution < -0.4 is 0 Å². The van der Waals surface area contributed by atoms with E-state index in [1.807, 2.05) is 13.0 Å². The maximum atomic E-state index is 13.1. The second-order valence-electron chi connectivity index (χ2n) is 7.95. The highest BCUT2D eigenvalue weighted by atomic mass is 16.5. The molecule has 0 radical (unpaired) electrons. The van der Waals surface area contributed by atoms with Crippen LogP contribution in [0.1, 0.15) is 51.1 Å². The summed E-state index contributed by atoms with van der Waals surface area (Å²) in [6, 6.07) is 3.23. The SMILES string of the molecule is CCOCCCN(Cc1ccco1)C(=O)CN1Cc2cnnn2[C@@H](CC(C)C)C1=O. The van der Waals surface area contributed by atoms with Crippen molar-refractivity contribution >= 4 is 11.8 Å². The van der Waals surface area contributed by atoms with E-state index in [1.54, 1.807) is 33.0 Å². The Morgan fingerprint density at radius 3 is 2.97 bits per heavy atom. The molecular weight excluding hydrogens is 386 g/mol. The smallest absolute Gasteiger partial charge is 0.248 e. The molecule has 2 aromatic heterocycles. The zero-order chi connectivity index (χ0) is 21.5. The number of furan rings is 1. The van der Waals surface area contributed by atoms with Crippen molar-refractivity contribution in [2.75, 3.05) is 26.3 Å². The molecule has 0 aromatic carbocycles. The first-order valence-corrected chi connectivity index (χ1v) is 10.5. The highest BCUT2D eigenvalue weighted by Crippen LogP contribution is 2.26. The van der Waals surface area contributed by atoms with Crippen LogP contribution in [0.15, 0.2) is 29.0 Å². The number of ether oxygens (including phenoxy) is 1. The van der Waals surface area contributed by atoms with E-state index in [2.05, 4.69) is 24.2 Å². The number of amides is 2. The van der Waals surface area contributed by atoms with Gasteiger partial charge in [-0.15, -0.1) is 5.10 Å². The number of fused-ring (bicyclic) bond motifs is 1. The van der Waals surface area contributed by atoms with Crippen molar-refractivity contribution in [3.8, 4) is 0 Å². The molecule has 0 saturated carbocycles. The van der Waals surface area contributed by atoms with E-state index in [9.17, 15) is 9.59 Å². The van der Waals surface area contributed by atoms with Gasteiger partial charge in [0.25, 0.3) is 0 Å². The van der Waals surface area contributed by atoms with Gasteiger partial charge >= 0.3 is 0 Å². The minimum Gasteiger partial charge on any atom is -0.467 e. The topological polar surface area (TPSA) is 93.7 Å². The maximum Gasteiger partial charge on any atom is 0.248 e. The lowest BCUT2D eigenvalue weighted by atomic mass is 10.0. The molecule has 2 amide bonds. The molecule has 164 valence electrons. The second-order valence-corrected chi connectivity index (χ2v) is 7.95. The lowest BCUT2D eigenvalue weighted by Gasteiger charge is -2.34. The molecule has 3 rings (SSSR count). The van der Waals surface area contributed by atoms with Crippen molar-refractivity contribution in [1.29, 1.82) is 0 Å². The molecule has 30 heavy (non-hydrogen) atoms. The zero-order valence-corrected chi connectivity index (χ0v) is 18.0. The van der Waals surface area contributed by atoms with Crippen LogP contribution in [0.4, 0.5) is 0 Å². The standard InChI is InChI=1S/C21H31N5O4/c1-4-29-9-6-8-24(14-18-7-5-10-30-18)20(27)15-25-13-17-12-22-23-26(17)19(21(25)28)11-16(2)3/h5,7,10,12,16,19H,4,6,8-9,11,13-15H2,1-3H3/t19-/m0/s1. The number of hydrogen-bond donors (Lipinski definition) is 0. The van der Waals surface area contributed by atoms with Crippen LogP contribution in [0.5, 0.6) is 0 Å². The molecule has 1 aliphatic rings. The summed E-state index contributed by atoms with van der Waals surface area (Å²) in [6.07, 6.45) is 4.64. The molecule has 9 heteroatoms. The summed E-state index contributed by atoms with van der Waals surface area (Å²) in [5.74, 6) is 0.841. The first kappa shape index (κ1) is 22.0. The van der Waals surface area contributed by atoms with Gasteiger partial charge < -0.3 is 19.0 Å². The molecule has 0 bridgehead atoms. The zero-order valence-electron chi connectivity index (χ0n) is 18.0. The second kappa shape index (κ2) is 10.4. The van der Waals surface area contributed by atoms with Gasteiger partial charge in [-0.25, -0.2) is 4.68 Å². The summed E-state index contributed by atoms with van der Waals surface area (Å²) in [7, 11) is 0. The number of nitrogens with zero attached hydrogens (tertiary/aromatic N) is 5. The Bertz CT molecular complexity index is 817. The van der Waals surface area contributed by atoms with Gasteiger partial charge in [0, 0.05) is 19.8 Å². The Balaban J connectivity index is 1.69. The summed E-state index contributed by atoms with van der Waals surface area (Å²) in [5, 5.41) is 8.06. The number of hydrogen-bond acceptors (Lipinski definition) is 6. The third-order valence-corrected chi connectivity index (χ3v) is 5.11. The minimum atomic E-state index is -0.416. The molecule has 0 aliphatic carbocycles. The fraction of sp³-hybridized carbons (Fsp3) is 0.619. The Hall–Kier alpha value is -2.68. The van der Waals surface area contributed by atoms with Crippen molar-refractivity contribution < 1.29 is 18.7 Å². The Kier molecular flexibility index (Phi) is 7.62. The highest BCUT2D eigenvalue weighted by molar-refractivity contribution is 5.87. The molecule has 0 saturated heterocycles. The lowest BCUT2D eigenvalue weighted by molar-refractivity contribution is -0.145. The third-order valence-electron chi connectivity index (χ3n) is 5.11. The maximum absolute atomic E-state index is 13.1. The van der Waals surface area contributed by atoms with Gasteiger partial charge in [0.15, 0.2) is 0 Å². The Morgan fingerprint density at radius 1 is 1.43 bits per heavy atom. The molecule has 2 aromatic rings. The van der Waals surface area contributed by atoms with Crippen LogP contribution in [-0.4, -0.2) is 62.9 Å². The van der Waals surface area contributed by atoms with Gasteiger partial charge in [0.1, 0.15) is 18.3 Å². The molecule has 9 nitrogen and oxygen atoms in total. The van der Waals surface area contributed by atoms with Gasteiger partial charge in [0.2, 0.25) is 11.8 Å². The van der Waals surface area contributed by atoms with Crippen LogP contribution in [-0.2, 0) is 27.4 Å². The van der Waals surface area contributed by atoms with E-state index < -0.39 is 6.04 Å². The predicted octanol–water partition coefficient (Wildman–Crippen LogP) is 2.26. The molecule has 0 fully saturated rings. The molecule has 0 unspecified atom stereocenters. The average Bonchev–Trinajstić information content (AvgIpc) is 3.38. The van der Waals surface area contributed by atoms with Crippen LogP contribution >= 0.6 is 0 Å². The number of carbonyl (C=O) groups excluding carboxylic acids is 2. The fourth-order valence-electron chi connectivity index (χ4n) is 3.66. The number of carbonyl (C=O) groups is 2. The number of aromatic nitrogens is 3. The minimum absolute atomic E-state index is 0.0218. The van der Waals surface area contributed by atoms with Crippen LogP contribution in [0.3, 0.4) is 0 Å². The van der Waals surface area contributed by atoms with Crippen molar-refractivity contribution in [2.24, 2.45) is 5.92 Å². The van der Waals surface area contributed by atoms with Gasteiger partial charge in [-0.1, -0.05) is 19.1 Å². The summed E-state index contributed by atoms with van der Waals surface area (Å²) in [6.45, 7) is 8.57. The quantitative estimate of drug-likeness (QED) is 0.521. The molecule has 1 aliphatic heterocycles. The number of rotatable bonds is 11. The largest absolute Gasteiger partial charge is 0.467 e.